The molecule has 2 heterocycles. The monoisotopic (exact) mass is 195 g/mol. The SMILES string of the molecule is CCn1ccc(-c2nnc(N)s2)n1. The highest BCUT2D eigenvalue weighted by molar-refractivity contribution is 7.18. The van der Waals surface area contributed by atoms with E-state index in [1.165, 1.54) is 11.3 Å². The number of hydrogen-bond acceptors (Lipinski definition) is 5. The second kappa shape index (κ2) is 3.14. The van der Waals surface area contributed by atoms with Crippen LogP contribution in [0.4, 0.5) is 5.13 Å². The lowest BCUT2D eigenvalue weighted by atomic mass is 10.5. The molecule has 0 aliphatic rings. The van der Waals surface area contributed by atoms with Crippen LogP contribution in [0.1, 0.15) is 6.92 Å². The van der Waals surface area contributed by atoms with Crippen LogP contribution in [-0.2, 0) is 6.54 Å². The summed E-state index contributed by atoms with van der Waals surface area (Å²) < 4.78 is 1.84. The fourth-order valence-corrected chi connectivity index (χ4v) is 1.56. The van der Waals surface area contributed by atoms with Gasteiger partial charge in [-0.3, -0.25) is 4.68 Å². The predicted molar refractivity (Wildman–Crippen MR) is 51.2 cm³/mol. The van der Waals surface area contributed by atoms with Crippen LogP contribution in [0.2, 0.25) is 0 Å². The van der Waals surface area contributed by atoms with Crippen molar-refractivity contribution in [3.63, 3.8) is 0 Å². The Balaban J connectivity index is 2.35. The Kier molecular flexibility index (Phi) is 1.97. The maximum Gasteiger partial charge on any atom is 0.203 e. The van der Waals surface area contributed by atoms with Crippen molar-refractivity contribution in [1.29, 1.82) is 0 Å². The van der Waals surface area contributed by atoms with Gasteiger partial charge in [0.05, 0.1) is 0 Å². The summed E-state index contributed by atoms with van der Waals surface area (Å²) in [5, 5.41) is 13.1. The van der Waals surface area contributed by atoms with Gasteiger partial charge in [-0.05, 0) is 13.0 Å². The normalized spacial score (nSPS) is 10.5. The molecular formula is C7H9N5S. The van der Waals surface area contributed by atoms with E-state index in [4.69, 9.17) is 5.73 Å². The first-order valence-electron chi connectivity index (χ1n) is 3.92. The number of anilines is 1. The Morgan fingerprint density at radius 2 is 2.38 bits per heavy atom. The van der Waals surface area contributed by atoms with E-state index in [1.54, 1.807) is 0 Å². The highest BCUT2D eigenvalue weighted by Crippen LogP contribution is 2.22. The number of hydrogen-bond donors (Lipinski definition) is 1. The van der Waals surface area contributed by atoms with Crippen LogP contribution >= 0.6 is 11.3 Å². The largest absolute Gasteiger partial charge is 0.374 e. The van der Waals surface area contributed by atoms with Crippen molar-refractivity contribution in [2.24, 2.45) is 0 Å². The Hall–Kier alpha value is -1.43. The minimum atomic E-state index is 0.473. The molecule has 0 aliphatic heterocycles. The number of nitrogens with two attached hydrogens (primary N) is 1. The van der Waals surface area contributed by atoms with Gasteiger partial charge < -0.3 is 5.73 Å². The van der Waals surface area contributed by atoms with E-state index in [0.717, 1.165) is 17.2 Å². The summed E-state index contributed by atoms with van der Waals surface area (Å²) in [4.78, 5) is 0. The van der Waals surface area contributed by atoms with Gasteiger partial charge in [0.15, 0.2) is 5.01 Å². The highest BCUT2D eigenvalue weighted by atomic mass is 32.1. The number of rotatable bonds is 2. The molecular weight excluding hydrogens is 186 g/mol. The lowest BCUT2D eigenvalue weighted by Gasteiger charge is -1.90. The van der Waals surface area contributed by atoms with Gasteiger partial charge in [-0.15, -0.1) is 10.2 Å². The van der Waals surface area contributed by atoms with Gasteiger partial charge in [0, 0.05) is 12.7 Å². The lowest BCUT2D eigenvalue weighted by molar-refractivity contribution is 0.662. The Morgan fingerprint density at radius 1 is 1.54 bits per heavy atom. The first-order valence-corrected chi connectivity index (χ1v) is 4.74. The molecule has 5 nitrogen and oxygen atoms in total. The van der Waals surface area contributed by atoms with Crippen molar-refractivity contribution < 1.29 is 0 Å². The molecule has 0 saturated heterocycles. The average Bonchev–Trinajstić information content (AvgIpc) is 2.71. The molecule has 0 atom stereocenters. The second-order valence-electron chi connectivity index (χ2n) is 2.50. The summed E-state index contributed by atoms with van der Waals surface area (Å²) in [6.07, 6.45) is 1.91. The second-order valence-corrected chi connectivity index (χ2v) is 3.51. The van der Waals surface area contributed by atoms with Gasteiger partial charge in [-0.2, -0.15) is 5.10 Å². The summed E-state index contributed by atoms with van der Waals surface area (Å²) in [5.41, 5.74) is 6.30. The van der Waals surface area contributed by atoms with Gasteiger partial charge in [-0.1, -0.05) is 11.3 Å². The maximum atomic E-state index is 5.47. The number of nitrogen functional groups attached to an aromatic ring is 1. The van der Waals surface area contributed by atoms with Crippen LogP contribution in [0.15, 0.2) is 12.3 Å². The Labute approximate surface area is 79.2 Å². The lowest BCUT2D eigenvalue weighted by Crippen LogP contribution is -1.93. The molecule has 0 fully saturated rings. The molecule has 2 aromatic rings. The van der Waals surface area contributed by atoms with Crippen LogP contribution in [0.25, 0.3) is 10.7 Å². The van der Waals surface area contributed by atoms with E-state index in [-0.39, 0.29) is 0 Å². The van der Waals surface area contributed by atoms with Crippen LogP contribution in [0, 0.1) is 0 Å². The molecule has 13 heavy (non-hydrogen) atoms. The molecule has 0 amide bonds. The zero-order valence-electron chi connectivity index (χ0n) is 7.14. The fourth-order valence-electron chi connectivity index (χ4n) is 0.990. The van der Waals surface area contributed by atoms with Crippen LogP contribution < -0.4 is 5.73 Å². The molecule has 0 bridgehead atoms. The first-order chi connectivity index (χ1) is 6.29. The van der Waals surface area contributed by atoms with E-state index in [9.17, 15) is 0 Å². The Morgan fingerprint density at radius 3 is 2.92 bits per heavy atom. The van der Waals surface area contributed by atoms with E-state index < -0.39 is 0 Å². The summed E-state index contributed by atoms with van der Waals surface area (Å²) in [7, 11) is 0. The van der Waals surface area contributed by atoms with Gasteiger partial charge >= 0.3 is 0 Å². The summed E-state index contributed by atoms with van der Waals surface area (Å²) in [6.45, 7) is 2.89. The maximum absolute atomic E-state index is 5.47. The van der Waals surface area contributed by atoms with Gasteiger partial charge in [0.25, 0.3) is 0 Å². The quantitative estimate of drug-likeness (QED) is 0.776. The molecule has 0 aromatic carbocycles. The van der Waals surface area contributed by atoms with Crippen molar-refractivity contribution in [3.05, 3.63) is 12.3 Å². The van der Waals surface area contributed by atoms with E-state index >= 15 is 0 Å². The summed E-state index contributed by atoms with van der Waals surface area (Å²) >= 11 is 1.34. The van der Waals surface area contributed by atoms with Crippen molar-refractivity contribution in [3.8, 4) is 10.7 Å². The first kappa shape index (κ1) is 8.18. The topological polar surface area (TPSA) is 69.6 Å². The van der Waals surface area contributed by atoms with Gasteiger partial charge in [-0.25, -0.2) is 0 Å². The summed E-state index contributed by atoms with van der Waals surface area (Å²) in [6, 6.07) is 1.91. The standard InChI is InChI=1S/C7H9N5S/c1-2-12-4-3-5(11-12)6-9-10-7(8)13-6/h3-4H,2H2,1H3,(H2,8,10). The average molecular weight is 195 g/mol. The third kappa shape index (κ3) is 1.52. The third-order valence-corrected chi connectivity index (χ3v) is 2.40. The number of aryl methyl sites for hydroxylation is 1. The predicted octanol–water partition coefficient (Wildman–Crippen LogP) is 1.00. The molecule has 0 radical (unpaired) electrons. The zero-order valence-corrected chi connectivity index (χ0v) is 7.95. The molecule has 0 aliphatic carbocycles. The number of nitrogens with zero attached hydrogens (tertiary/aromatic N) is 4. The van der Waals surface area contributed by atoms with Crippen molar-refractivity contribution in [1.82, 2.24) is 20.0 Å². The van der Waals surface area contributed by atoms with E-state index in [2.05, 4.69) is 15.3 Å². The molecule has 2 N–H and O–H groups in total. The van der Waals surface area contributed by atoms with Crippen LogP contribution in [0.3, 0.4) is 0 Å². The molecule has 2 rings (SSSR count). The fraction of sp³-hybridized carbons (Fsp3) is 0.286. The minimum absolute atomic E-state index is 0.473. The molecule has 0 saturated carbocycles. The zero-order chi connectivity index (χ0) is 9.26. The van der Waals surface area contributed by atoms with Crippen molar-refractivity contribution in [2.75, 3.05) is 5.73 Å². The van der Waals surface area contributed by atoms with Gasteiger partial charge in [0.1, 0.15) is 5.69 Å². The minimum Gasteiger partial charge on any atom is -0.374 e. The third-order valence-electron chi connectivity index (χ3n) is 1.62. The summed E-state index contributed by atoms with van der Waals surface area (Å²) in [5.74, 6) is 0. The van der Waals surface area contributed by atoms with E-state index in [0.29, 0.717) is 5.13 Å². The molecule has 68 valence electrons. The molecule has 0 spiro atoms. The van der Waals surface area contributed by atoms with E-state index in [1.807, 2.05) is 23.9 Å². The van der Waals surface area contributed by atoms with Crippen LogP contribution in [0.5, 0.6) is 0 Å². The Bertz CT molecular complexity index is 404. The van der Waals surface area contributed by atoms with Crippen molar-refractivity contribution >= 4 is 16.5 Å². The van der Waals surface area contributed by atoms with Gasteiger partial charge in [0.2, 0.25) is 5.13 Å². The molecule has 6 heteroatoms. The highest BCUT2D eigenvalue weighted by Gasteiger charge is 2.06. The van der Waals surface area contributed by atoms with Crippen LogP contribution in [-0.4, -0.2) is 20.0 Å². The molecule has 0 unspecified atom stereocenters. The smallest absolute Gasteiger partial charge is 0.203 e. The van der Waals surface area contributed by atoms with Crippen molar-refractivity contribution in [2.45, 2.75) is 13.5 Å². The molecule has 2 aromatic heterocycles. The number of aromatic nitrogens is 4.